The van der Waals surface area contributed by atoms with Gasteiger partial charge >= 0.3 is 0 Å². The summed E-state index contributed by atoms with van der Waals surface area (Å²) in [6, 6.07) is 4.48. The van der Waals surface area contributed by atoms with Gasteiger partial charge in [0.05, 0.1) is 4.92 Å². The number of halogens is 1. The van der Waals surface area contributed by atoms with Gasteiger partial charge in [-0.3, -0.25) is 14.9 Å². The van der Waals surface area contributed by atoms with E-state index in [9.17, 15) is 14.9 Å². The van der Waals surface area contributed by atoms with E-state index in [-0.39, 0.29) is 24.0 Å². The molecule has 0 spiro atoms. The quantitative estimate of drug-likeness (QED) is 0.680. The number of hydrogen-bond donors (Lipinski definition) is 1. The Bertz CT molecular complexity index is 522. The van der Waals surface area contributed by atoms with Gasteiger partial charge in [0, 0.05) is 30.3 Å². The van der Waals surface area contributed by atoms with Crippen LogP contribution in [-0.4, -0.2) is 35.4 Å². The molecular formula is C13H18ClN3O3. The van der Waals surface area contributed by atoms with Gasteiger partial charge in [-0.05, 0) is 37.9 Å². The molecule has 0 radical (unpaired) electrons. The fourth-order valence-electron chi connectivity index (χ4n) is 2.39. The number of amides is 1. The number of carbonyl (C=O) groups is 1. The van der Waals surface area contributed by atoms with Gasteiger partial charge in [0.1, 0.15) is 0 Å². The molecule has 20 heavy (non-hydrogen) atoms. The molecule has 1 aliphatic rings. The van der Waals surface area contributed by atoms with Gasteiger partial charge in [-0.1, -0.05) is 0 Å². The van der Waals surface area contributed by atoms with Crippen molar-refractivity contribution >= 4 is 24.0 Å². The van der Waals surface area contributed by atoms with Gasteiger partial charge < -0.3 is 10.6 Å². The first-order valence-electron chi connectivity index (χ1n) is 6.27. The molecule has 1 fully saturated rings. The lowest BCUT2D eigenvalue weighted by molar-refractivity contribution is -0.385. The average molecular weight is 300 g/mol. The first-order chi connectivity index (χ1) is 9.02. The van der Waals surface area contributed by atoms with E-state index < -0.39 is 4.92 Å². The largest absolute Gasteiger partial charge is 0.338 e. The fourth-order valence-corrected chi connectivity index (χ4v) is 2.39. The maximum Gasteiger partial charge on any atom is 0.272 e. The van der Waals surface area contributed by atoms with Crippen LogP contribution in [0.4, 0.5) is 5.69 Å². The fraction of sp³-hybridized carbons (Fsp3) is 0.462. The van der Waals surface area contributed by atoms with Crippen LogP contribution in [0.25, 0.3) is 0 Å². The molecule has 0 bridgehead atoms. The van der Waals surface area contributed by atoms with Crippen LogP contribution in [0.5, 0.6) is 0 Å². The van der Waals surface area contributed by atoms with Crippen LogP contribution in [-0.2, 0) is 0 Å². The number of rotatable bonds is 3. The van der Waals surface area contributed by atoms with Gasteiger partial charge in [-0.25, -0.2) is 0 Å². The zero-order chi connectivity index (χ0) is 14.0. The number of nitro groups is 1. The molecule has 1 heterocycles. The maximum absolute atomic E-state index is 12.3. The third-order valence-electron chi connectivity index (χ3n) is 3.55. The summed E-state index contributed by atoms with van der Waals surface area (Å²) in [5, 5.41) is 10.7. The lowest BCUT2D eigenvalue weighted by atomic mass is 10.1. The van der Waals surface area contributed by atoms with Crippen LogP contribution in [0.3, 0.4) is 0 Å². The molecule has 1 saturated heterocycles. The second-order valence-corrected chi connectivity index (χ2v) is 4.90. The smallest absolute Gasteiger partial charge is 0.272 e. The van der Waals surface area contributed by atoms with Crippen LogP contribution < -0.4 is 5.73 Å². The summed E-state index contributed by atoms with van der Waals surface area (Å²) in [4.78, 5) is 24.3. The Labute approximate surface area is 123 Å². The number of carbonyl (C=O) groups excluding carboxylic acids is 1. The monoisotopic (exact) mass is 299 g/mol. The molecule has 1 aliphatic heterocycles. The van der Waals surface area contributed by atoms with E-state index >= 15 is 0 Å². The first kappa shape index (κ1) is 16.4. The topological polar surface area (TPSA) is 89.5 Å². The Morgan fingerprint density at radius 1 is 1.55 bits per heavy atom. The highest BCUT2D eigenvalue weighted by atomic mass is 35.5. The molecule has 2 N–H and O–H groups in total. The Morgan fingerprint density at radius 2 is 2.25 bits per heavy atom. The van der Waals surface area contributed by atoms with E-state index in [1.54, 1.807) is 17.9 Å². The number of likely N-dealkylation sites (tertiary alicyclic amines) is 1. The van der Waals surface area contributed by atoms with E-state index in [0.29, 0.717) is 36.7 Å². The minimum absolute atomic E-state index is 0. The van der Waals surface area contributed by atoms with Crippen LogP contribution >= 0.6 is 12.4 Å². The molecule has 0 aromatic heterocycles. The van der Waals surface area contributed by atoms with Gasteiger partial charge in [0.2, 0.25) is 0 Å². The number of hydrogen-bond acceptors (Lipinski definition) is 4. The van der Waals surface area contributed by atoms with Crippen molar-refractivity contribution < 1.29 is 9.72 Å². The summed E-state index contributed by atoms with van der Waals surface area (Å²) in [6.07, 6.45) is 0.925. The molecule has 2 rings (SSSR count). The van der Waals surface area contributed by atoms with Crippen LogP contribution in [0, 0.1) is 23.0 Å². The summed E-state index contributed by atoms with van der Waals surface area (Å²) in [7, 11) is 0. The van der Waals surface area contributed by atoms with Gasteiger partial charge in [-0.2, -0.15) is 0 Å². The molecule has 1 unspecified atom stereocenters. The second kappa shape index (κ2) is 6.67. The van der Waals surface area contributed by atoms with E-state index in [2.05, 4.69) is 0 Å². The predicted molar refractivity (Wildman–Crippen MR) is 78.1 cm³/mol. The van der Waals surface area contributed by atoms with Crippen molar-refractivity contribution in [2.75, 3.05) is 19.6 Å². The first-order valence-corrected chi connectivity index (χ1v) is 6.27. The Hall–Kier alpha value is -1.66. The molecular weight excluding hydrogens is 282 g/mol. The van der Waals surface area contributed by atoms with Crippen molar-refractivity contribution in [1.82, 2.24) is 4.90 Å². The molecule has 1 aromatic carbocycles. The van der Waals surface area contributed by atoms with Gasteiger partial charge in [-0.15, -0.1) is 12.4 Å². The maximum atomic E-state index is 12.3. The Kier molecular flexibility index (Phi) is 5.47. The highest BCUT2D eigenvalue weighted by Gasteiger charge is 2.26. The highest BCUT2D eigenvalue weighted by Crippen LogP contribution is 2.22. The summed E-state index contributed by atoms with van der Waals surface area (Å²) in [5.41, 5.74) is 6.64. The molecule has 1 amide bonds. The standard InChI is InChI=1S/C13H17N3O3.ClH/c1-9-6-11(2-3-12(9)16(18)19)13(17)15-5-4-10(7-14)8-15;/h2-3,6,10H,4-5,7-8,14H2,1H3;1H. The van der Waals surface area contributed by atoms with Crippen LogP contribution in [0.2, 0.25) is 0 Å². The molecule has 1 aromatic rings. The minimum atomic E-state index is -0.441. The molecule has 0 aliphatic carbocycles. The molecule has 6 nitrogen and oxygen atoms in total. The van der Waals surface area contributed by atoms with Crippen molar-refractivity contribution in [1.29, 1.82) is 0 Å². The summed E-state index contributed by atoms with van der Waals surface area (Å²) in [5.74, 6) is 0.289. The van der Waals surface area contributed by atoms with Crippen molar-refractivity contribution in [3.8, 4) is 0 Å². The van der Waals surface area contributed by atoms with Crippen LogP contribution in [0.1, 0.15) is 22.3 Å². The third-order valence-corrected chi connectivity index (χ3v) is 3.55. The number of benzene rings is 1. The lowest BCUT2D eigenvalue weighted by Crippen LogP contribution is -2.29. The van der Waals surface area contributed by atoms with Crippen LogP contribution in [0.15, 0.2) is 18.2 Å². The number of nitrogens with zero attached hydrogens (tertiary/aromatic N) is 2. The number of aryl methyl sites for hydroxylation is 1. The predicted octanol–water partition coefficient (Wildman–Crippen LogP) is 1.75. The molecule has 110 valence electrons. The average Bonchev–Trinajstić information content (AvgIpc) is 2.86. The second-order valence-electron chi connectivity index (χ2n) is 4.90. The van der Waals surface area contributed by atoms with Gasteiger partial charge in [0.25, 0.3) is 11.6 Å². The highest BCUT2D eigenvalue weighted by molar-refractivity contribution is 5.95. The van der Waals surface area contributed by atoms with E-state index in [1.165, 1.54) is 12.1 Å². The van der Waals surface area contributed by atoms with E-state index in [0.717, 1.165) is 6.42 Å². The molecule has 1 atom stereocenters. The zero-order valence-corrected chi connectivity index (χ0v) is 12.1. The van der Waals surface area contributed by atoms with E-state index in [1.807, 2.05) is 0 Å². The van der Waals surface area contributed by atoms with E-state index in [4.69, 9.17) is 5.73 Å². The molecule has 0 saturated carbocycles. The SMILES string of the molecule is Cc1cc(C(=O)N2CCC(CN)C2)ccc1[N+](=O)[O-].Cl. The number of nitrogens with two attached hydrogens (primary N) is 1. The molecule has 7 heteroatoms. The lowest BCUT2D eigenvalue weighted by Gasteiger charge is -2.16. The zero-order valence-electron chi connectivity index (χ0n) is 11.2. The third kappa shape index (κ3) is 3.26. The van der Waals surface area contributed by atoms with Crippen molar-refractivity contribution in [3.63, 3.8) is 0 Å². The van der Waals surface area contributed by atoms with Crippen molar-refractivity contribution in [2.45, 2.75) is 13.3 Å². The summed E-state index contributed by atoms with van der Waals surface area (Å²) < 4.78 is 0. The van der Waals surface area contributed by atoms with Crippen molar-refractivity contribution in [2.24, 2.45) is 11.7 Å². The van der Waals surface area contributed by atoms with Gasteiger partial charge in [0.15, 0.2) is 0 Å². The Balaban J connectivity index is 0.00000200. The summed E-state index contributed by atoms with van der Waals surface area (Å²) in [6.45, 7) is 3.60. The normalized spacial score (nSPS) is 17.7. The minimum Gasteiger partial charge on any atom is -0.338 e. The Morgan fingerprint density at radius 3 is 2.75 bits per heavy atom. The number of nitro benzene ring substituents is 1. The van der Waals surface area contributed by atoms with Crippen molar-refractivity contribution in [3.05, 3.63) is 39.4 Å². The summed E-state index contributed by atoms with van der Waals surface area (Å²) >= 11 is 0.